The van der Waals surface area contributed by atoms with Gasteiger partial charge in [-0.25, -0.2) is 12.6 Å². The number of hydrogen-bond donors (Lipinski definition) is 0. The molecule has 0 spiro atoms. The van der Waals surface area contributed by atoms with E-state index in [-0.39, 0.29) is 11.5 Å². The smallest absolute Gasteiger partial charge is 0.206 e. The molecule has 0 N–H and O–H groups in total. The standard InChI is InChI=1S/2C21H26O2S/c1-3-16(18-8-6-5-7-9-18)12-17(4-2)19-10-11-20-14-24(22,23)15-21(20)13-19;1-3-16(18-8-6-5-7-9-18)14-17(4-2)20-11-10-19-12-13-24(22)23-21(19)15-20/h5-11,13,16-17H,3-4,12,14-15H2,1-2H3;5-11,15-17H,3-4,12-14H2,1-2H3. The van der Waals surface area contributed by atoms with Crippen molar-refractivity contribution in [2.24, 2.45) is 0 Å². The minimum Gasteiger partial charge on any atom is -0.400 e. The van der Waals surface area contributed by atoms with E-state index >= 15 is 0 Å². The fraction of sp³-hybridized carbons (Fsp3) is 0.429. The van der Waals surface area contributed by atoms with Crippen molar-refractivity contribution in [2.75, 3.05) is 5.75 Å². The number of benzene rings is 4. The molecule has 48 heavy (non-hydrogen) atoms. The van der Waals surface area contributed by atoms with Crippen LogP contribution in [0.3, 0.4) is 0 Å². The lowest BCUT2D eigenvalue weighted by molar-refractivity contribution is 0.504. The molecule has 0 saturated heterocycles. The Bertz CT molecular complexity index is 1750. The summed E-state index contributed by atoms with van der Waals surface area (Å²) in [4.78, 5) is 0. The van der Waals surface area contributed by atoms with Gasteiger partial charge in [0, 0.05) is 0 Å². The van der Waals surface area contributed by atoms with Crippen LogP contribution < -0.4 is 4.18 Å². The van der Waals surface area contributed by atoms with Crippen LogP contribution >= 0.6 is 0 Å². The molecular weight excluding hydrogens is 633 g/mol. The van der Waals surface area contributed by atoms with E-state index in [1.54, 1.807) is 0 Å². The highest BCUT2D eigenvalue weighted by Crippen LogP contribution is 2.38. The molecule has 4 aromatic carbocycles. The molecule has 0 saturated carbocycles. The van der Waals surface area contributed by atoms with Crippen LogP contribution in [0, 0.1) is 0 Å². The summed E-state index contributed by atoms with van der Waals surface area (Å²) in [5.74, 6) is 3.95. The van der Waals surface area contributed by atoms with Crippen LogP contribution in [0.4, 0.5) is 0 Å². The molecule has 0 fully saturated rings. The SMILES string of the molecule is CCC(CC(CC)c1ccc2c(c1)CS(=O)(=O)C2)c1ccccc1.CCC(CC(CC)c1ccc2c(c1)OS(=O)CC2)c1ccccc1. The van der Waals surface area contributed by atoms with Gasteiger partial charge in [0.15, 0.2) is 9.84 Å². The molecule has 0 aliphatic carbocycles. The highest BCUT2D eigenvalue weighted by atomic mass is 32.2. The molecule has 0 radical (unpaired) electrons. The van der Waals surface area contributed by atoms with Gasteiger partial charge in [0.05, 0.1) is 17.3 Å². The summed E-state index contributed by atoms with van der Waals surface area (Å²) in [5.41, 5.74) is 8.62. The highest BCUT2D eigenvalue weighted by molar-refractivity contribution is 7.90. The Hall–Kier alpha value is -3.22. The first-order valence-electron chi connectivity index (χ1n) is 17.8. The van der Waals surface area contributed by atoms with Crippen LogP contribution in [0.1, 0.15) is 129 Å². The molecule has 2 aliphatic heterocycles. The van der Waals surface area contributed by atoms with Crippen LogP contribution in [-0.4, -0.2) is 18.4 Å². The zero-order valence-corrected chi connectivity index (χ0v) is 30.7. The summed E-state index contributed by atoms with van der Waals surface area (Å²) < 4.78 is 40.9. The minimum absolute atomic E-state index is 0.209. The maximum Gasteiger partial charge on any atom is 0.206 e. The third kappa shape index (κ3) is 9.26. The molecule has 5 unspecified atom stereocenters. The van der Waals surface area contributed by atoms with E-state index in [9.17, 15) is 12.6 Å². The summed E-state index contributed by atoms with van der Waals surface area (Å²) in [6.45, 7) is 9.00. The second-order valence-corrected chi connectivity index (χ2v) is 16.7. The van der Waals surface area contributed by atoms with Crippen molar-refractivity contribution in [1.29, 1.82) is 0 Å². The Labute approximate surface area is 291 Å². The van der Waals surface area contributed by atoms with Crippen LogP contribution in [0.25, 0.3) is 0 Å². The Morgan fingerprint density at radius 1 is 0.583 bits per heavy atom. The van der Waals surface area contributed by atoms with Crippen LogP contribution in [-0.2, 0) is 38.8 Å². The van der Waals surface area contributed by atoms with E-state index in [0.717, 1.165) is 61.8 Å². The topological polar surface area (TPSA) is 60.4 Å². The zero-order chi connectivity index (χ0) is 34.1. The molecule has 2 heterocycles. The van der Waals surface area contributed by atoms with Crippen LogP contribution in [0.2, 0.25) is 0 Å². The summed E-state index contributed by atoms with van der Waals surface area (Å²) in [6, 6.07) is 34.4. The van der Waals surface area contributed by atoms with E-state index in [0.29, 0.717) is 29.4 Å². The molecule has 0 aromatic heterocycles. The third-order valence-electron chi connectivity index (χ3n) is 10.4. The van der Waals surface area contributed by atoms with Crippen LogP contribution in [0.15, 0.2) is 97.1 Å². The largest absolute Gasteiger partial charge is 0.400 e. The number of hydrogen-bond acceptors (Lipinski definition) is 4. The predicted molar refractivity (Wildman–Crippen MR) is 201 cm³/mol. The van der Waals surface area contributed by atoms with Gasteiger partial charge in [0.2, 0.25) is 11.1 Å². The van der Waals surface area contributed by atoms with E-state index in [4.69, 9.17) is 4.18 Å². The lowest BCUT2D eigenvalue weighted by Gasteiger charge is -2.24. The van der Waals surface area contributed by atoms with Gasteiger partial charge in [-0.05, 0) is 114 Å². The summed E-state index contributed by atoms with van der Waals surface area (Å²) in [5, 5.41) is 0. The maximum absolute atomic E-state index is 11.8. The fourth-order valence-electron chi connectivity index (χ4n) is 7.44. The Kier molecular flexibility index (Phi) is 12.7. The molecule has 4 nitrogen and oxygen atoms in total. The quantitative estimate of drug-likeness (QED) is 0.149. The first-order valence-corrected chi connectivity index (χ1v) is 20.9. The molecular formula is C42H52O4S2. The van der Waals surface area contributed by atoms with Crippen molar-refractivity contribution in [3.63, 3.8) is 0 Å². The van der Waals surface area contributed by atoms with Crippen molar-refractivity contribution >= 4 is 20.9 Å². The summed E-state index contributed by atoms with van der Waals surface area (Å²) >= 11 is -1.17. The first-order chi connectivity index (χ1) is 23.2. The van der Waals surface area contributed by atoms with Crippen molar-refractivity contribution in [3.05, 3.63) is 136 Å². The van der Waals surface area contributed by atoms with Crippen LogP contribution in [0.5, 0.6) is 5.75 Å². The van der Waals surface area contributed by atoms with Gasteiger partial charge in [0.25, 0.3) is 0 Å². The molecule has 0 amide bonds. The number of sulfone groups is 1. The average molecular weight is 685 g/mol. The molecule has 2 aliphatic rings. The van der Waals surface area contributed by atoms with E-state index in [2.05, 4.69) is 119 Å². The van der Waals surface area contributed by atoms with Crippen molar-refractivity contribution < 1.29 is 16.8 Å². The second-order valence-electron chi connectivity index (χ2n) is 13.5. The molecule has 5 atom stereocenters. The Morgan fingerprint density at radius 2 is 1.04 bits per heavy atom. The molecule has 6 rings (SSSR count). The summed E-state index contributed by atoms with van der Waals surface area (Å²) in [6.07, 6.45) is 7.55. The fourth-order valence-corrected chi connectivity index (χ4v) is 9.86. The van der Waals surface area contributed by atoms with Gasteiger partial charge in [-0.2, -0.15) is 0 Å². The predicted octanol–water partition coefficient (Wildman–Crippen LogP) is 10.6. The molecule has 6 heteroatoms. The molecule has 256 valence electrons. The third-order valence-corrected chi connectivity index (χ3v) is 12.8. The zero-order valence-electron chi connectivity index (χ0n) is 29.1. The van der Waals surface area contributed by atoms with Gasteiger partial charge in [-0.3, -0.25) is 0 Å². The molecule has 4 aromatic rings. The Balaban J connectivity index is 0.000000188. The van der Waals surface area contributed by atoms with Crippen molar-refractivity contribution in [3.8, 4) is 5.75 Å². The van der Waals surface area contributed by atoms with Gasteiger partial charge in [0.1, 0.15) is 5.75 Å². The van der Waals surface area contributed by atoms with E-state index < -0.39 is 20.9 Å². The lowest BCUT2D eigenvalue weighted by Crippen LogP contribution is -2.15. The van der Waals surface area contributed by atoms with Gasteiger partial charge in [-0.1, -0.05) is 119 Å². The number of fused-ring (bicyclic) bond motifs is 2. The van der Waals surface area contributed by atoms with Crippen molar-refractivity contribution in [1.82, 2.24) is 0 Å². The first kappa shape index (κ1) is 36.1. The Morgan fingerprint density at radius 3 is 1.56 bits per heavy atom. The second kappa shape index (κ2) is 16.9. The van der Waals surface area contributed by atoms with Gasteiger partial charge >= 0.3 is 0 Å². The van der Waals surface area contributed by atoms with Gasteiger partial charge in [-0.15, -0.1) is 0 Å². The number of aryl methyl sites for hydroxylation is 1. The molecule has 0 bridgehead atoms. The van der Waals surface area contributed by atoms with Gasteiger partial charge < -0.3 is 4.18 Å². The number of rotatable bonds is 12. The minimum atomic E-state index is -2.93. The normalized spacial score (nSPS) is 18.6. The van der Waals surface area contributed by atoms with E-state index in [1.807, 2.05) is 6.07 Å². The summed E-state index contributed by atoms with van der Waals surface area (Å²) in [7, 11) is -2.93. The lowest BCUT2D eigenvalue weighted by atomic mass is 9.82. The monoisotopic (exact) mass is 684 g/mol. The average Bonchev–Trinajstić information content (AvgIpc) is 3.43. The van der Waals surface area contributed by atoms with E-state index in [1.165, 1.54) is 27.8 Å². The maximum atomic E-state index is 11.8. The van der Waals surface area contributed by atoms with Crippen molar-refractivity contribution in [2.45, 2.75) is 108 Å². The highest BCUT2D eigenvalue weighted by Gasteiger charge is 2.26.